The molecule has 1 heterocycles. The van der Waals surface area contributed by atoms with E-state index in [1.54, 1.807) is 24.3 Å². The minimum atomic E-state index is -0.961. The van der Waals surface area contributed by atoms with E-state index in [9.17, 15) is 9.59 Å². The molecule has 0 aliphatic heterocycles. The van der Waals surface area contributed by atoms with E-state index in [4.69, 9.17) is 5.73 Å². The number of rotatable bonds is 1. The molecule has 76 valence electrons. The number of pyridine rings is 1. The maximum Gasteiger partial charge on any atom is 0.198 e. The molecule has 0 spiro atoms. The number of amides is 1. The molecule has 2 aromatic rings. The fourth-order valence-electron chi connectivity index (χ4n) is 1.34. The SMILES string of the molecule is [NH-]C(=O)c1c[nH]c2ccccc2c1=O.[W]. The number of aromatic nitrogens is 1. The van der Waals surface area contributed by atoms with Gasteiger partial charge in [0.05, 0.1) is 11.5 Å². The molecule has 15 heavy (non-hydrogen) atoms. The maximum atomic E-state index is 11.6. The standard InChI is InChI=1S/C10H8N2O2.W/c11-10(14)7-5-12-8-4-2-1-3-6(8)9(7)13;/h1-5H,(H3,11,12,13,14);/p-1. The Bertz CT molecular complexity index is 563. The Morgan fingerprint density at radius 3 is 2.60 bits per heavy atom. The smallest absolute Gasteiger partial charge is 0.198 e. The van der Waals surface area contributed by atoms with Crippen LogP contribution in [0.15, 0.2) is 35.3 Å². The molecule has 5 heteroatoms. The van der Waals surface area contributed by atoms with Gasteiger partial charge in [0, 0.05) is 38.2 Å². The number of para-hydroxylation sites is 1. The number of hydrogen-bond donors (Lipinski definition) is 1. The number of hydrogen-bond acceptors (Lipinski definition) is 2. The molecule has 1 amide bonds. The van der Waals surface area contributed by atoms with Crippen molar-refractivity contribution in [1.82, 2.24) is 4.98 Å². The van der Waals surface area contributed by atoms with Crippen LogP contribution >= 0.6 is 0 Å². The number of nitrogens with one attached hydrogen (secondary N) is 2. The van der Waals surface area contributed by atoms with E-state index in [1.165, 1.54) is 6.20 Å². The van der Waals surface area contributed by atoms with Crippen molar-refractivity contribution in [2.75, 3.05) is 0 Å². The predicted octanol–water partition coefficient (Wildman–Crippen LogP) is 1.72. The average molecular weight is 371 g/mol. The van der Waals surface area contributed by atoms with E-state index in [-0.39, 0.29) is 32.1 Å². The summed E-state index contributed by atoms with van der Waals surface area (Å²) in [6, 6.07) is 6.88. The third kappa shape index (κ3) is 2.00. The summed E-state index contributed by atoms with van der Waals surface area (Å²) in [4.78, 5) is 25.2. The van der Waals surface area contributed by atoms with Crippen LogP contribution in [0, 0.1) is 0 Å². The van der Waals surface area contributed by atoms with Crippen LogP contribution < -0.4 is 5.43 Å². The van der Waals surface area contributed by atoms with E-state index in [1.807, 2.05) is 0 Å². The summed E-state index contributed by atoms with van der Waals surface area (Å²) in [5.74, 6) is -0.961. The van der Waals surface area contributed by atoms with Gasteiger partial charge in [-0.1, -0.05) is 12.1 Å². The summed E-state index contributed by atoms with van der Waals surface area (Å²) < 4.78 is 0. The van der Waals surface area contributed by atoms with E-state index in [2.05, 4.69) is 4.98 Å². The Balaban J connectivity index is 0.00000112. The molecular formula is C10H7N2O2W-. The van der Waals surface area contributed by atoms with Crippen LogP contribution in [0.2, 0.25) is 0 Å². The molecule has 0 aliphatic carbocycles. The summed E-state index contributed by atoms with van der Waals surface area (Å²) in [5.41, 5.74) is 7.03. The van der Waals surface area contributed by atoms with Crippen LogP contribution in [0.1, 0.15) is 10.4 Å². The van der Waals surface area contributed by atoms with Crippen LogP contribution in [0.4, 0.5) is 0 Å². The fraction of sp³-hybridized carbons (Fsp3) is 0. The first kappa shape index (κ1) is 11.7. The van der Waals surface area contributed by atoms with Gasteiger partial charge >= 0.3 is 0 Å². The van der Waals surface area contributed by atoms with Crippen LogP contribution in [0.25, 0.3) is 16.6 Å². The zero-order valence-corrected chi connectivity index (χ0v) is 10.5. The topological polar surface area (TPSA) is 73.7 Å². The van der Waals surface area contributed by atoms with Crippen molar-refractivity contribution in [2.45, 2.75) is 0 Å². The minimum absolute atomic E-state index is 0. The molecule has 0 radical (unpaired) electrons. The Morgan fingerprint density at radius 1 is 1.27 bits per heavy atom. The minimum Gasteiger partial charge on any atom is -0.663 e. The monoisotopic (exact) mass is 371 g/mol. The second-order valence-electron chi connectivity index (χ2n) is 2.91. The first-order valence-corrected chi connectivity index (χ1v) is 4.06. The number of carbonyl (C=O) groups excluding carboxylic acids is 1. The van der Waals surface area contributed by atoms with Crippen LogP contribution in [-0.4, -0.2) is 10.9 Å². The Morgan fingerprint density at radius 2 is 1.93 bits per heavy atom. The van der Waals surface area contributed by atoms with Gasteiger partial charge in [0.2, 0.25) is 0 Å². The zero-order chi connectivity index (χ0) is 10.1. The van der Waals surface area contributed by atoms with Crippen molar-refractivity contribution in [1.29, 1.82) is 0 Å². The van der Waals surface area contributed by atoms with Gasteiger partial charge in [-0.2, -0.15) is 0 Å². The zero-order valence-electron chi connectivity index (χ0n) is 7.61. The molecule has 0 aliphatic rings. The maximum absolute atomic E-state index is 11.6. The molecule has 0 saturated heterocycles. The third-order valence-corrected chi connectivity index (χ3v) is 2.03. The number of benzene rings is 1. The summed E-state index contributed by atoms with van der Waals surface area (Å²) in [6.45, 7) is 0. The second kappa shape index (κ2) is 4.41. The fourth-order valence-corrected chi connectivity index (χ4v) is 1.34. The molecule has 4 nitrogen and oxygen atoms in total. The van der Waals surface area contributed by atoms with Crippen molar-refractivity contribution in [3.05, 3.63) is 52.0 Å². The molecule has 2 rings (SSSR count). The first-order valence-electron chi connectivity index (χ1n) is 4.06. The largest absolute Gasteiger partial charge is 0.663 e. The summed E-state index contributed by atoms with van der Waals surface area (Å²) in [7, 11) is 0. The van der Waals surface area contributed by atoms with E-state index < -0.39 is 5.91 Å². The van der Waals surface area contributed by atoms with Crippen LogP contribution in [0.3, 0.4) is 0 Å². The quantitative estimate of drug-likeness (QED) is 0.829. The van der Waals surface area contributed by atoms with Crippen molar-refractivity contribution in [3.8, 4) is 0 Å². The summed E-state index contributed by atoms with van der Waals surface area (Å²) in [5, 5.41) is 0.436. The van der Waals surface area contributed by atoms with Gasteiger partial charge in [-0.25, -0.2) is 0 Å². The Kier molecular flexibility index (Phi) is 3.43. The van der Waals surface area contributed by atoms with Crippen molar-refractivity contribution in [3.63, 3.8) is 0 Å². The van der Waals surface area contributed by atoms with Gasteiger partial charge in [-0.05, 0) is 12.1 Å². The van der Waals surface area contributed by atoms with E-state index in [0.29, 0.717) is 10.9 Å². The number of H-pyrrole nitrogens is 1. The van der Waals surface area contributed by atoms with Gasteiger partial charge in [-0.15, -0.1) is 0 Å². The number of fused-ring (bicyclic) bond motifs is 1. The van der Waals surface area contributed by atoms with E-state index >= 15 is 0 Å². The van der Waals surface area contributed by atoms with Crippen LogP contribution in [0.5, 0.6) is 0 Å². The summed E-state index contributed by atoms with van der Waals surface area (Å²) in [6.07, 6.45) is 1.28. The first-order chi connectivity index (χ1) is 6.70. The van der Waals surface area contributed by atoms with Gasteiger partial charge in [0.15, 0.2) is 5.43 Å². The normalized spacial score (nSPS) is 9.60. The molecular weight excluding hydrogens is 364 g/mol. The number of aromatic amines is 1. The molecule has 1 aromatic heterocycles. The van der Waals surface area contributed by atoms with Gasteiger partial charge in [0.25, 0.3) is 0 Å². The average Bonchev–Trinajstić information content (AvgIpc) is 2.18. The molecule has 0 bridgehead atoms. The van der Waals surface area contributed by atoms with E-state index in [0.717, 1.165) is 0 Å². The molecule has 0 saturated carbocycles. The summed E-state index contributed by atoms with van der Waals surface area (Å²) >= 11 is 0. The third-order valence-electron chi connectivity index (χ3n) is 2.03. The predicted molar refractivity (Wildman–Crippen MR) is 53.2 cm³/mol. The van der Waals surface area contributed by atoms with Gasteiger partial charge in [0.1, 0.15) is 0 Å². The molecule has 0 atom stereocenters. The molecule has 0 unspecified atom stereocenters. The van der Waals surface area contributed by atoms with Crippen molar-refractivity contribution >= 4 is 16.8 Å². The van der Waals surface area contributed by atoms with Gasteiger partial charge < -0.3 is 15.5 Å². The van der Waals surface area contributed by atoms with Crippen LogP contribution in [-0.2, 0) is 21.1 Å². The van der Waals surface area contributed by atoms with Gasteiger partial charge in [-0.3, -0.25) is 4.79 Å². The van der Waals surface area contributed by atoms with Crippen molar-refractivity contribution < 1.29 is 25.9 Å². The molecule has 0 fully saturated rings. The second-order valence-corrected chi connectivity index (χ2v) is 2.91. The molecule has 1 aromatic carbocycles. The van der Waals surface area contributed by atoms with Crippen molar-refractivity contribution in [2.24, 2.45) is 0 Å². The number of carbonyl (C=O) groups is 1. The molecule has 2 N–H and O–H groups in total. The Labute approximate surface area is 99.7 Å². The Hall–Kier alpha value is -1.41.